The number of anilines is 2. The van der Waals surface area contributed by atoms with E-state index in [4.69, 9.17) is 0 Å². The Labute approximate surface area is 96.7 Å². The lowest BCUT2D eigenvalue weighted by atomic mass is 10.3. The third-order valence-corrected chi connectivity index (χ3v) is 2.26. The largest absolute Gasteiger partial charge is 0.324 e. The zero-order valence-electron chi connectivity index (χ0n) is 8.24. The Balaban J connectivity index is 2.25. The van der Waals surface area contributed by atoms with Crippen molar-refractivity contribution in [1.82, 2.24) is 9.97 Å². The Morgan fingerprint density at radius 3 is 2.53 bits per heavy atom. The van der Waals surface area contributed by atoms with Crippen molar-refractivity contribution >= 4 is 27.6 Å². The zero-order chi connectivity index (χ0) is 10.7. The van der Waals surface area contributed by atoms with Crippen molar-refractivity contribution < 1.29 is 0 Å². The minimum atomic E-state index is 0.605. The molecule has 15 heavy (non-hydrogen) atoms. The predicted molar refractivity (Wildman–Crippen MR) is 64.2 cm³/mol. The van der Waals surface area contributed by atoms with Gasteiger partial charge < -0.3 is 5.32 Å². The van der Waals surface area contributed by atoms with Crippen LogP contribution in [0.5, 0.6) is 0 Å². The van der Waals surface area contributed by atoms with Crippen LogP contribution in [0.3, 0.4) is 0 Å². The summed E-state index contributed by atoms with van der Waals surface area (Å²) in [5, 5.41) is 3.13. The second-order valence-electron chi connectivity index (χ2n) is 3.15. The van der Waals surface area contributed by atoms with Crippen LogP contribution in [0.15, 0.2) is 41.0 Å². The highest BCUT2D eigenvalue weighted by molar-refractivity contribution is 9.10. The quantitative estimate of drug-likeness (QED) is 0.846. The van der Waals surface area contributed by atoms with Crippen LogP contribution in [0.1, 0.15) is 5.69 Å². The molecule has 0 saturated heterocycles. The van der Waals surface area contributed by atoms with Crippen LogP contribution in [0.4, 0.5) is 11.6 Å². The molecule has 3 nitrogen and oxygen atoms in total. The number of aromatic nitrogens is 2. The van der Waals surface area contributed by atoms with Gasteiger partial charge >= 0.3 is 0 Å². The molecule has 0 radical (unpaired) electrons. The standard InChI is InChI=1S/C11H10BrN3/c1-8-7-10(12)15-11(13-8)14-9-5-3-2-4-6-9/h2-7H,1H3,(H,13,14,15). The van der Waals surface area contributed by atoms with Crippen LogP contribution >= 0.6 is 15.9 Å². The normalized spacial score (nSPS) is 10.0. The van der Waals surface area contributed by atoms with Crippen LogP contribution in [0.2, 0.25) is 0 Å². The number of rotatable bonds is 2. The summed E-state index contributed by atoms with van der Waals surface area (Å²) < 4.78 is 0.786. The fraction of sp³-hybridized carbons (Fsp3) is 0.0909. The summed E-state index contributed by atoms with van der Waals surface area (Å²) in [6.45, 7) is 1.93. The predicted octanol–water partition coefficient (Wildman–Crippen LogP) is 3.29. The first-order chi connectivity index (χ1) is 7.24. The highest BCUT2D eigenvalue weighted by Gasteiger charge is 1.99. The van der Waals surface area contributed by atoms with E-state index in [1.807, 2.05) is 43.3 Å². The van der Waals surface area contributed by atoms with Gasteiger partial charge in [-0.1, -0.05) is 18.2 Å². The number of aryl methyl sites for hydroxylation is 1. The van der Waals surface area contributed by atoms with Crippen LogP contribution in [0, 0.1) is 6.92 Å². The molecule has 0 atom stereocenters. The van der Waals surface area contributed by atoms with Crippen LogP contribution < -0.4 is 5.32 Å². The topological polar surface area (TPSA) is 37.8 Å². The molecule has 1 heterocycles. The molecule has 0 aliphatic heterocycles. The third-order valence-electron chi connectivity index (χ3n) is 1.85. The summed E-state index contributed by atoms with van der Waals surface area (Å²) in [6.07, 6.45) is 0. The van der Waals surface area contributed by atoms with Crippen molar-refractivity contribution in [3.8, 4) is 0 Å². The highest BCUT2D eigenvalue weighted by atomic mass is 79.9. The summed E-state index contributed by atoms with van der Waals surface area (Å²) in [5.74, 6) is 0.605. The molecule has 76 valence electrons. The van der Waals surface area contributed by atoms with E-state index >= 15 is 0 Å². The molecule has 0 bridgehead atoms. The zero-order valence-corrected chi connectivity index (χ0v) is 9.82. The van der Waals surface area contributed by atoms with Crippen LogP contribution in [-0.2, 0) is 0 Å². The number of hydrogen-bond acceptors (Lipinski definition) is 3. The number of halogens is 1. The molecular weight excluding hydrogens is 254 g/mol. The van der Waals surface area contributed by atoms with Crippen molar-refractivity contribution in [1.29, 1.82) is 0 Å². The summed E-state index contributed by atoms with van der Waals surface area (Å²) in [4.78, 5) is 8.50. The Bertz CT molecular complexity index is 436. The van der Waals surface area contributed by atoms with Gasteiger partial charge in [0.1, 0.15) is 4.60 Å². The van der Waals surface area contributed by atoms with Gasteiger partial charge in [0.2, 0.25) is 5.95 Å². The molecule has 0 aliphatic carbocycles. The monoisotopic (exact) mass is 263 g/mol. The van der Waals surface area contributed by atoms with E-state index in [2.05, 4.69) is 31.2 Å². The van der Waals surface area contributed by atoms with Gasteiger partial charge in [-0.15, -0.1) is 0 Å². The van der Waals surface area contributed by atoms with Gasteiger partial charge in [0.05, 0.1) is 0 Å². The van der Waals surface area contributed by atoms with Crippen molar-refractivity contribution in [3.63, 3.8) is 0 Å². The maximum atomic E-state index is 4.28. The average molecular weight is 264 g/mol. The minimum Gasteiger partial charge on any atom is -0.324 e. The molecule has 1 aromatic heterocycles. The van der Waals surface area contributed by atoms with Gasteiger partial charge in [-0.2, -0.15) is 0 Å². The summed E-state index contributed by atoms with van der Waals surface area (Å²) >= 11 is 3.34. The van der Waals surface area contributed by atoms with Gasteiger partial charge in [-0.25, -0.2) is 9.97 Å². The molecule has 0 fully saturated rings. The lowest BCUT2D eigenvalue weighted by Crippen LogP contribution is -1.98. The number of benzene rings is 1. The Hall–Kier alpha value is -1.42. The summed E-state index contributed by atoms with van der Waals surface area (Å²) in [7, 11) is 0. The van der Waals surface area contributed by atoms with Gasteiger partial charge in [0.15, 0.2) is 0 Å². The fourth-order valence-electron chi connectivity index (χ4n) is 1.24. The average Bonchev–Trinajstić information content (AvgIpc) is 2.17. The molecule has 4 heteroatoms. The molecule has 0 unspecified atom stereocenters. The van der Waals surface area contributed by atoms with Gasteiger partial charge in [0, 0.05) is 11.4 Å². The van der Waals surface area contributed by atoms with Gasteiger partial charge in [-0.05, 0) is 41.1 Å². The Morgan fingerprint density at radius 1 is 1.13 bits per heavy atom. The number of hydrogen-bond donors (Lipinski definition) is 1. The number of nitrogens with one attached hydrogen (secondary N) is 1. The summed E-state index contributed by atoms with van der Waals surface area (Å²) in [5.41, 5.74) is 1.91. The second kappa shape index (κ2) is 4.40. The molecule has 0 saturated carbocycles. The lowest BCUT2D eigenvalue weighted by Gasteiger charge is -2.05. The number of nitrogens with zero attached hydrogens (tertiary/aromatic N) is 2. The first kappa shape index (κ1) is 10.1. The third kappa shape index (κ3) is 2.76. The van der Waals surface area contributed by atoms with Gasteiger partial charge in [0.25, 0.3) is 0 Å². The van der Waals surface area contributed by atoms with E-state index in [0.717, 1.165) is 16.0 Å². The first-order valence-corrected chi connectivity index (χ1v) is 5.36. The van der Waals surface area contributed by atoms with E-state index in [1.54, 1.807) is 0 Å². The minimum absolute atomic E-state index is 0.605. The first-order valence-electron chi connectivity index (χ1n) is 4.57. The molecule has 0 amide bonds. The van der Waals surface area contributed by atoms with Crippen molar-refractivity contribution in [2.24, 2.45) is 0 Å². The number of para-hydroxylation sites is 1. The van der Waals surface area contributed by atoms with Crippen LogP contribution in [0.25, 0.3) is 0 Å². The maximum absolute atomic E-state index is 4.28. The smallest absolute Gasteiger partial charge is 0.228 e. The Morgan fingerprint density at radius 2 is 1.87 bits per heavy atom. The molecule has 2 aromatic rings. The maximum Gasteiger partial charge on any atom is 0.228 e. The van der Waals surface area contributed by atoms with E-state index < -0.39 is 0 Å². The molecule has 1 aromatic carbocycles. The second-order valence-corrected chi connectivity index (χ2v) is 3.96. The highest BCUT2D eigenvalue weighted by Crippen LogP contribution is 2.15. The van der Waals surface area contributed by atoms with Crippen molar-refractivity contribution in [3.05, 3.63) is 46.7 Å². The Kier molecular flexibility index (Phi) is 2.97. The van der Waals surface area contributed by atoms with E-state index in [1.165, 1.54) is 0 Å². The van der Waals surface area contributed by atoms with Crippen LogP contribution in [-0.4, -0.2) is 9.97 Å². The van der Waals surface area contributed by atoms with Crippen molar-refractivity contribution in [2.75, 3.05) is 5.32 Å². The molecule has 0 aliphatic rings. The van der Waals surface area contributed by atoms with E-state index in [9.17, 15) is 0 Å². The SMILES string of the molecule is Cc1cc(Br)nc(Nc2ccccc2)n1. The summed E-state index contributed by atoms with van der Waals surface area (Å²) in [6, 6.07) is 11.7. The molecule has 1 N–H and O–H groups in total. The molecule has 0 spiro atoms. The van der Waals surface area contributed by atoms with Crippen molar-refractivity contribution in [2.45, 2.75) is 6.92 Å². The van der Waals surface area contributed by atoms with Gasteiger partial charge in [-0.3, -0.25) is 0 Å². The lowest BCUT2D eigenvalue weighted by molar-refractivity contribution is 1.08. The molecule has 2 rings (SSSR count). The fourth-order valence-corrected chi connectivity index (χ4v) is 1.74. The molecular formula is C11H10BrN3. The van der Waals surface area contributed by atoms with E-state index in [0.29, 0.717) is 5.95 Å². The van der Waals surface area contributed by atoms with E-state index in [-0.39, 0.29) is 0 Å².